The van der Waals surface area contributed by atoms with Crippen molar-refractivity contribution in [1.82, 2.24) is 5.48 Å². The minimum Gasteiger partial charge on any atom is -0.350 e. The van der Waals surface area contributed by atoms with Crippen LogP contribution in [0.4, 0.5) is 0 Å². The summed E-state index contributed by atoms with van der Waals surface area (Å²) in [6.07, 6.45) is 6.31. The van der Waals surface area contributed by atoms with Crippen molar-refractivity contribution in [1.29, 1.82) is 0 Å². The first-order valence-corrected chi connectivity index (χ1v) is 6.58. The molecule has 1 aliphatic rings. The Balaban J connectivity index is 1.77. The van der Waals surface area contributed by atoms with Crippen LogP contribution in [-0.4, -0.2) is 25.1 Å². The summed E-state index contributed by atoms with van der Waals surface area (Å²) in [7, 11) is 0. The van der Waals surface area contributed by atoms with Crippen LogP contribution >= 0.6 is 0 Å². The molecule has 0 saturated carbocycles. The molecule has 106 valence electrons. The number of rotatable bonds is 5. The fraction of sp³-hybridized carbons (Fsp3) is 0.333. The van der Waals surface area contributed by atoms with E-state index in [1.807, 2.05) is 0 Å². The van der Waals surface area contributed by atoms with Crippen LogP contribution in [0.15, 0.2) is 30.3 Å². The fourth-order valence-corrected chi connectivity index (χ4v) is 1.82. The highest BCUT2D eigenvalue weighted by molar-refractivity contribution is 5.91. The van der Waals surface area contributed by atoms with Gasteiger partial charge in [0, 0.05) is 24.7 Å². The molecule has 0 spiro atoms. The van der Waals surface area contributed by atoms with Crippen LogP contribution in [0.2, 0.25) is 0 Å². The summed E-state index contributed by atoms with van der Waals surface area (Å²) in [4.78, 5) is 27.2. The molecule has 1 aromatic carbocycles. The highest BCUT2D eigenvalue weighted by atomic mass is 16.8. The van der Waals surface area contributed by atoms with E-state index in [1.165, 1.54) is 6.08 Å². The molecule has 1 fully saturated rings. The van der Waals surface area contributed by atoms with E-state index in [-0.39, 0.29) is 12.2 Å². The number of amides is 1. The van der Waals surface area contributed by atoms with E-state index in [1.54, 1.807) is 30.3 Å². The first-order chi connectivity index (χ1) is 9.78. The molecule has 1 heterocycles. The van der Waals surface area contributed by atoms with E-state index in [2.05, 4.69) is 5.48 Å². The van der Waals surface area contributed by atoms with Crippen molar-refractivity contribution in [2.75, 3.05) is 6.61 Å². The van der Waals surface area contributed by atoms with Gasteiger partial charge in [-0.05, 0) is 24.5 Å². The van der Waals surface area contributed by atoms with Gasteiger partial charge >= 0.3 is 0 Å². The van der Waals surface area contributed by atoms with Gasteiger partial charge in [-0.25, -0.2) is 10.3 Å². The predicted octanol–water partition coefficient (Wildman–Crippen LogP) is 2.09. The fourth-order valence-electron chi connectivity index (χ4n) is 1.82. The lowest BCUT2D eigenvalue weighted by Crippen LogP contribution is -2.32. The molecule has 1 aromatic rings. The second kappa shape index (κ2) is 7.57. The van der Waals surface area contributed by atoms with Crippen LogP contribution in [0.3, 0.4) is 0 Å². The third-order valence-electron chi connectivity index (χ3n) is 2.93. The van der Waals surface area contributed by atoms with E-state index in [0.29, 0.717) is 12.2 Å². The Hall–Kier alpha value is -1.98. The van der Waals surface area contributed by atoms with Crippen molar-refractivity contribution >= 4 is 18.3 Å². The van der Waals surface area contributed by atoms with Gasteiger partial charge in [-0.3, -0.25) is 9.59 Å². The Morgan fingerprint density at radius 2 is 2.00 bits per heavy atom. The number of carbonyl (C=O) groups is 2. The summed E-state index contributed by atoms with van der Waals surface area (Å²) < 4.78 is 5.32. The number of aldehydes is 1. The number of benzene rings is 1. The number of hydrogen-bond donors (Lipinski definition) is 1. The normalized spacial score (nSPS) is 18.9. The summed E-state index contributed by atoms with van der Waals surface area (Å²) in [5.74, 6) is -0.348. The van der Waals surface area contributed by atoms with Crippen LogP contribution in [0.5, 0.6) is 0 Å². The first-order valence-electron chi connectivity index (χ1n) is 6.58. The lowest BCUT2D eigenvalue weighted by atomic mass is 10.1. The maximum Gasteiger partial charge on any atom is 0.267 e. The lowest BCUT2D eigenvalue weighted by Gasteiger charge is -2.21. The number of ether oxygens (including phenoxy) is 1. The summed E-state index contributed by atoms with van der Waals surface area (Å²) in [5, 5.41) is 0. The van der Waals surface area contributed by atoms with Gasteiger partial charge in [-0.1, -0.05) is 24.3 Å². The number of carbonyl (C=O) groups excluding carboxylic acids is 2. The van der Waals surface area contributed by atoms with Crippen LogP contribution in [0, 0.1) is 0 Å². The molecule has 1 unspecified atom stereocenters. The van der Waals surface area contributed by atoms with E-state index < -0.39 is 0 Å². The van der Waals surface area contributed by atoms with Gasteiger partial charge in [-0.2, -0.15) is 0 Å². The zero-order chi connectivity index (χ0) is 14.2. The lowest BCUT2D eigenvalue weighted by molar-refractivity contribution is -0.198. The molecule has 1 aliphatic heterocycles. The molecule has 0 aromatic heterocycles. The molecule has 5 nitrogen and oxygen atoms in total. The molecule has 0 bridgehead atoms. The highest BCUT2D eigenvalue weighted by Gasteiger charge is 2.14. The molecule has 0 radical (unpaired) electrons. The highest BCUT2D eigenvalue weighted by Crippen LogP contribution is 2.12. The van der Waals surface area contributed by atoms with E-state index in [4.69, 9.17) is 9.57 Å². The summed E-state index contributed by atoms with van der Waals surface area (Å²) in [5.41, 5.74) is 3.77. The van der Waals surface area contributed by atoms with E-state index in [0.717, 1.165) is 31.1 Å². The third-order valence-corrected chi connectivity index (χ3v) is 2.93. The Bertz CT molecular complexity index is 475. The van der Waals surface area contributed by atoms with Crippen molar-refractivity contribution in [3.63, 3.8) is 0 Å². The topological polar surface area (TPSA) is 64.6 Å². The zero-order valence-electron chi connectivity index (χ0n) is 11.1. The maximum atomic E-state index is 11.5. The van der Waals surface area contributed by atoms with Crippen LogP contribution in [0.1, 0.15) is 35.2 Å². The average Bonchev–Trinajstić information content (AvgIpc) is 2.52. The SMILES string of the molecule is O=Cc1ccc(C=CC(=O)NOC2CCCCO2)cc1. The average molecular weight is 275 g/mol. The predicted molar refractivity (Wildman–Crippen MR) is 73.7 cm³/mol. The largest absolute Gasteiger partial charge is 0.350 e. The molecule has 0 aliphatic carbocycles. The van der Waals surface area contributed by atoms with Gasteiger partial charge in [0.25, 0.3) is 5.91 Å². The molecule has 1 N–H and O–H groups in total. The summed E-state index contributed by atoms with van der Waals surface area (Å²) in [6, 6.07) is 6.91. The zero-order valence-corrected chi connectivity index (χ0v) is 11.1. The molecular weight excluding hydrogens is 258 g/mol. The van der Waals surface area contributed by atoms with Crippen molar-refractivity contribution < 1.29 is 19.2 Å². The molecule has 20 heavy (non-hydrogen) atoms. The smallest absolute Gasteiger partial charge is 0.267 e. The monoisotopic (exact) mass is 275 g/mol. The summed E-state index contributed by atoms with van der Waals surface area (Å²) in [6.45, 7) is 0.666. The van der Waals surface area contributed by atoms with Crippen LogP contribution in [0.25, 0.3) is 6.08 Å². The van der Waals surface area contributed by atoms with Gasteiger partial charge in [0.1, 0.15) is 6.29 Å². The molecule has 1 amide bonds. The third kappa shape index (κ3) is 4.60. The molecule has 2 rings (SSSR count). The summed E-state index contributed by atoms with van der Waals surface area (Å²) >= 11 is 0. The number of nitrogens with one attached hydrogen (secondary N) is 1. The quantitative estimate of drug-likeness (QED) is 0.507. The van der Waals surface area contributed by atoms with Gasteiger partial charge in [0.05, 0.1) is 0 Å². The van der Waals surface area contributed by atoms with Crippen LogP contribution < -0.4 is 5.48 Å². The molecular formula is C15H17NO4. The van der Waals surface area contributed by atoms with Gasteiger partial charge < -0.3 is 4.74 Å². The Morgan fingerprint density at radius 1 is 1.25 bits per heavy atom. The number of hydrogen-bond acceptors (Lipinski definition) is 4. The maximum absolute atomic E-state index is 11.5. The molecule has 1 atom stereocenters. The Kier molecular flexibility index (Phi) is 5.46. The minimum absolute atomic E-state index is 0.348. The number of hydroxylamine groups is 1. The van der Waals surface area contributed by atoms with Crippen molar-refractivity contribution in [2.45, 2.75) is 25.6 Å². The Morgan fingerprint density at radius 3 is 2.65 bits per heavy atom. The van der Waals surface area contributed by atoms with Crippen molar-refractivity contribution in [2.24, 2.45) is 0 Å². The van der Waals surface area contributed by atoms with Crippen LogP contribution in [-0.2, 0) is 14.4 Å². The van der Waals surface area contributed by atoms with Crippen molar-refractivity contribution in [3.05, 3.63) is 41.5 Å². The van der Waals surface area contributed by atoms with E-state index >= 15 is 0 Å². The van der Waals surface area contributed by atoms with Gasteiger partial charge in [-0.15, -0.1) is 0 Å². The molecule has 5 heteroatoms. The Labute approximate surface area is 117 Å². The van der Waals surface area contributed by atoms with E-state index in [9.17, 15) is 9.59 Å². The van der Waals surface area contributed by atoms with Gasteiger partial charge in [0.15, 0.2) is 6.29 Å². The first kappa shape index (κ1) is 14.4. The van der Waals surface area contributed by atoms with Gasteiger partial charge in [0.2, 0.25) is 0 Å². The van der Waals surface area contributed by atoms with Crippen molar-refractivity contribution in [3.8, 4) is 0 Å². The second-order valence-corrected chi connectivity index (χ2v) is 4.50. The molecule has 1 saturated heterocycles. The minimum atomic E-state index is -0.354. The standard InChI is InChI=1S/C15H17NO4/c17-11-13-6-4-12(5-7-13)8-9-14(18)16-20-15-3-1-2-10-19-15/h4-9,11,15H,1-3,10H2,(H,16,18). The second-order valence-electron chi connectivity index (χ2n) is 4.50.